The Morgan fingerprint density at radius 1 is 1.40 bits per heavy atom. The predicted octanol–water partition coefficient (Wildman–Crippen LogP) is 2.47. The van der Waals surface area contributed by atoms with Crippen molar-refractivity contribution in [3.05, 3.63) is 62.7 Å². The van der Waals surface area contributed by atoms with Crippen LogP contribution in [0.2, 0.25) is 0 Å². The predicted molar refractivity (Wildman–Crippen MR) is 77.3 cm³/mol. The van der Waals surface area contributed by atoms with E-state index in [9.17, 15) is 19.3 Å². The van der Waals surface area contributed by atoms with Gasteiger partial charge in [-0.05, 0) is 12.5 Å². The number of hydrogen-bond acceptors (Lipinski definition) is 3. The van der Waals surface area contributed by atoms with Crippen molar-refractivity contribution in [3.63, 3.8) is 0 Å². The van der Waals surface area contributed by atoms with Crippen molar-refractivity contribution >= 4 is 21.9 Å². The summed E-state index contributed by atoms with van der Waals surface area (Å²) < 4.78 is 14.8. The molecule has 0 fully saturated rings. The largest absolute Gasteiger partial charge is 0.311 e. The van der Waals surface area contributed by atoms with Gasteiger partial charge >= 0.3 is 0 Å². The lowest BCUT2D eigenvalue weighted by molar-refractivity contribution is -0.418. The van der Waals surface area contributed by atoms with E-state index in [1.54, 1.807) is 0 Å². The Morgan fingerprint density at radius 2 is 2.05 bits per heavy atom. The Morgan fingerprint density at radius 3 is 2.60 bits per heavy atom. The molecule has 1 N–H and O–H groups in total. The Bertz CT molecular complexity index is 611. The first-order chi connectivity index (χ1) is 9.51. The van der Waals surface area contributed by atoms with E-state index in [4.69, 9.17) is 0 Å². The minimum atomic E-state index is -1.39. The van der Waals surface area contributed by atoms with Crippen molar-refractivity contribution in [1.82, 2.24) is 4.72 Å². The summed E-state index contributed by atoms with van der Waals surface area (Å²) >= 11 is -1.39. The van der Waals surface area contributed by atoms with E-state index in [-0.39, 0.29) is 5.70 Å². The van der Waals surface area contributed by atoms with Gasteiger partial charge in [0.25, 0.3) is 11.6 Å². The highest BCUT2D eigenvalue weighted by molar-refractivity contribution is 8.26. The summed E-state index contributed by atoms with van der Waals surface area (Å²) in [4.78, 5) is 22.2. The molecule has 0 bridgehead atoms. The van der Waals surface area contributed by atoms with Gasteiger partial charge in [-0.1, -0.05) is 29.8 Å². The number of alkyl halides is 1. The Kier molecular flexibility index (Phi) is 4.19. The minimum Gasteiger partial charge on any atom is -0.311 e. The van der Waals surface area contributed by atoms with E-state index in [1.165, 1.54) is 11.5 Å². The number of allylic oxidation sites excluding steroid dienone is 1. The van der Waals surface area contributed by atoms with Gasteiger partial charge in [-0.25, -0.2) is 4.39 Å². The van der Waals surface area contributed by atoms with E-state index >= 15 is 0 Å². The highest BCUT2D eigenvalue weighted by atomic mass is 32.2. The molecule has 1 atom stereocenters. The van der Waals surface area contributed by atoms with Gasteiger partial charge < -0.3 is 4.72 Å². The van der Waals surface area contributed by atoms with Crippen LogP contribution in [0.25, 0.3) is 4.91 Å². The van der Waals surface area contributed by atoms with Gasteiger partial charge in [-0.2, -0.15) is 0 Å². The number of nitrogens with one attached hydrogen (secondary N) is 1. The van der Waals surface area contributed by atoms with Crippen LogP contribution in [-0.4, -0.2) is 17.5 Å². The maximum absolute atomic E-state index is 12.3. The van der Waals surface area contributed by atoms with Crippen LogP contribution in [-0.2, 0) is 4.79 Å². The molecule has 7 heteroatoms. The Labute approximate surface area is 117 Å². The second kappa shape index (κ2) is 5.87. The van der Waals surface area contributed by atoms with Gasteiger partial charge in [-0.3, -0.25) is 14.9 Å². The van der Waals surface area contributed by atoms with E-state index < -0.39 is 28.6 Å². The summed E-state index contributed by atoms with van der Waals surface area (Å²) in [6.07, 6.45) is 1.43. The first-order valence-corrected chi connectivity index (χ1v) is 7.22. The third-order valence-corrected chi connectivity index (χ3v) is 4.65. The van der Waals surface area contributed by atoms with Gasteiger partial charge in [0, 0.05) is 11.0 Å². The van der Waals surface area contributed by atoms with Crippen molar-refractivity contribution in [2.24, 2.45) is 0 Å². The zero-order valence-corrected chi connectivity index (χ0v) is 11.6. The second-order valence-electron chi connectivity index (χ2n) is 4.25. The number of nitro groups is 1. The Hall–Kier alpha value is -2.15. The molecule has 1 amide bonds. The number of halogens is 1. The van der Waals surface area contributed by atoms with E-state index in [1.807, 2.05) is 31.2 Å². The van der Waals surface area contributed by atoms with Crippen LogP contribution in [0.4, 0.5) is 4.39 Å². The first-order valence-electron chi connectivity index (χ1n) is 5.81. The monoisotopic (exact) mass is 296 g/mol. The van der Waals surface area contributed by atoms with Crippen molar-refractivity contribution in [2.75, 3.05) is 6.67 Å². The standard InChI is InChI=1S/C13H13FN2O3S/c1-9-2-4-10(5-3-9)12-6-11(16(18)19)8-20(12)15-13(17)7-14/h2-6,8,20H,7H2,1H3,(H,15,17). The molecule has 2 rings (SSSR count). The van der Waals surface area contributed by atoms with Crippen LogP contribution in [0.5, 0.6) is 0 Å². The molecule has 1 aromatic rings. The smallest absolute Gasteiger partial charge is 0.276 e. The summed E-state index contributed by atoms with van der Waals surface area (Å²) in [5.41, 5.74) is 1.77. The molecule has 5 nitrogen and oxygen atoms in total. The summed E-state index contributed by atoms with van der Waals surface area (Å²) in [5.74, 6) is -0.769. The van der Waals surface area contributed by atoms with E-state index in [0.29, 0.717) is 4.91 Å². The number of benzene rings is 1. The number of hydrogen-bond donors (Lipinski definition) is 2. The van der Waals surface area contributed by atoms with Crippen LogP contribution < -0.4 is 4.72 Å². The lowest BCUT2D eigenvalue weighted by atomic mass is 10.1. The first kappa shape index (κ1) is 14.3. The fourth-order valence-corrected chi connectivity index (χ4v) is 3.54. The summed E-state index contributed by atoms with van der Waals surface area (Å²) in [5, 5.41) is 12.2. The molecule has 0 aromatic heterocycles. The number of carbonyl (C=O) groups excluding carboxylic acids is 1. The molecule has 1 heterocycles. The lowest BCUT2D eigenvalue weighted by Crippen LogP contribution is -2.20. The van der Waals surface area contributed by atoms with Gasteiger partial charge in [0.1, 0.15) is 0 Å². The van der Waals surface area contributed by atoms with Gasteiger partial charge in [0.2, 0.25) is 0 Å². The Balaban J connectivity index is 2.33. The highest BCUT2D eigenvalue weighted by Crippen LogP contribution is 2.46. The summed E-state index contributed by atoms with van der Waals surface area (Å²) in [6, 6.07) is 7.42. The van der Waals surface area contributed by atoms with Crippen molar-refractivity contribution in [1.29, 1.82) is 0 Å². The lowest BCUT2D eigenvalue weighted by Gasteiger charge is -2.18. The molecule has 0 radical (unpaired) electrons. The molecular formula is C13H13FN2O3S. The van der Waals surface area contributed by atoms with Gasteiger partial charge in [-0.15, -0.1) is 11.1 Å². The maximum atomic E-state index is 12.3. The number of rotatable bonds is 4. The second-order valence-corrected chi connectivity index (χ2v) is 5.95. The van der Waals surface area contributed by atoms with Crippen molar-refractivity contribution in [2.45, 2.75) is 6.92 Å². The average molecular weight is 296 g/mol. The molecular weight excluding hydrogens is 283 g/mol. The number of amides is 1. The molecule has 0 saturated carbocycles. The minimum absolute atomic E-state index is 0.0779. The van der Waals surface area contributed by atoms with Crippen molar-refractivity contribution in [3.8, 4) is 0 Å². The number of aryl methyl sites for hydroxylation is 1. The van der Waals surface area contributed by atoms with E-state index in [2.05, 4.69) is 4.72 Å². The number of thiol groups is 1. The zero-order valence-electron chi connectivity index (χ0n) is 10.7. The van der Waals surface area contributed by atoms with Crippen LogP contribution >= 0.6 is 11.1 Å². The summed E-state index contributed by atoms with van der Waals surface area (Å²) in [6.45, 7) is 0.794. The van der Waals surface area contributed by atoms with E-state index in [0.717, 1.165) is 11.1 Å². The number of carbonyl (C=O) groups is 1. The van der Waals surface area contributed by atoms with Gasteiger partial charge in [0.15, 0.2) is 6.67 Å². The van der Waals surface area contributed by atoms with Crippen LogP contribution in [0.15, 0.2) is 41.4 Å². The molecule has 1 aromatic carbocycles. The maximum Gasteiger partial charge on any atom is 0.276 e. The van der Waals surface area contributed by atoms with Crippen LogP contribution in [0, 0.1) is 17.0 Å². The third kappa shape index (κ3) is 3.05. The normalized spacial score (nSPS) is 19.2. The topological polar surface area (TPSA) is 72.2 Å². The molecule has 1 unspecified atom stereocenters. The fraction of sp³-hybridized carbons (Fsp3) is 0.154. The van der Waals surface area contributed by atoms with Gasteiger partial charge in [0.05, 0.1) is 10.3 Å². The highest BCUT2D eigenvalue weighted by Gasteiger charge is 2.25. The summed E-state index contributed by atoms with van der Waals surface area (Å²) in [7, 11) is 0. The quantitative estimate of drug-likeness (QED) is 0.509. The molecule has 20 heavy (non-hydrogen) atoms. The molecule has 0 spiro atoms. The fourth-order valence-electron chi connectivity index (χ4n) is 1.75. The zero-order chi connectivity index (χ0) is 14.7. The molecule has 0 aliphatic carbocycles. The molecule has 1 aliphatic heterocycles. The van der Waals surface area contributed by atoms with Crippen molar-refractivity contribution < 1.29 is 14.1 Å². The number of nitrogens with zero attached hydrogens (tertiary/aromatic N) is 1. The van der Waals surface area contributed by atoms with Crippen LogP contribution in [0.1, 0.15) is 11.1 Å². The molecule has 1 aliphatic rings. The average Bonchev–Trinajstić information content (AvgIpc) is 2.83. The molecule has 0 saturated heterocycles. The SMILES string of the molecule is Cc1ccc(C2=CC([N+](=O)[O-])=C[SH]2NC(=O)CF)cc1. The van der Waals surface area contributed by atoms with Crippen LogP contribution in [0.3, 0.4) is 0 Å². The molecule has 106 valence electrons. The third-order valence-electron chi connectivity index (χ3n) is 2.73.